The summed E-state index contributed by atoms with van der Waals surface area (Å²) in [5.74, 6) is 0.840. The molecule has 0 amide bonds. The number of hydrogen-bond donors (Lipinski definition) is 2. The standard InChI is InChI=1S/C28H40N6O4S/c1-20(19-37-2)30-28-29-17-27-25(22-6-4-21(5-7-22)18-33-12-14-38-15-13-33)16-26(34(27)31-28)23-8-10-24(11-9-23)32-39(3,35)36/h4-7,16-17,20,23-24,32H,8-15,18-19H2,1-3H3,(H,30,31)/t20-,23?,24?/m0/s1. The summed E-state index contributed by atoms with van der Waals surface area (Å²) < 4.78 is 39.0. The lowest BCUT2D eigenvalue weighted by Gasteiger charge is -2.28. The van der Waals surface area contributed by atoms with E-state index in [-0.39, 0.29) is 18.0 Å². The van der Waals surface area contributed by atoms with Crippen molar-refractivity contribution >= 4 is 21.5 Å². The summed E-state index contributed by atoms with van der Waals surface area (Å²) in [5.41, 5.74) is 5.63. The second kappa shape index (κ2) is 12.3. The van der Waals surface area contributed by atoms with E-state index < -0.39 is 10.0 Å². The molecule has 11 heteroatoms. The van der Waals surface area contributed by atoms with Gasteiger partial charge in [-0.3, -0.25) is 4.90 Å². The van der Waals surface area contributed by atoms with Crippen molar-refractivity contribution in [2.45, 2.75) is 57.2 Å². The Morgan fingerprint density at radius 2 is 1.85 bits per heavy atom. The highest BCUT2D eigenvalue weighted by molar-refractivity contribution is 7.88. The first kappa shape index (κ1) is 28.0. The number of nitrogens with one attached hydrogen (secondary N) is 2. The van der Waals surface area contributed by atoms with E-state index in [0.29, 0.717) is 12.6 Å². The van der Waals surface area contributed by atoms with Crippen molar-refractivity contribution in [1.82, 2.24) is 24.2 Å². The molecule has 10 nitrogen and oxygen atoms in total. The van der Waals surface area contributed by atoms with Gasteiger partial charge in [-0.05, 0) is 49.8 Å². The molecule has 0 bridgehead atoms. The highest BCUT2D eigenvalue weighted by Gasteiger charge is 2.28. The summed E-state index contributed by atoms with van der Waals surface area (Å²) in [6.07, 6.45) is 6.52. The van der Waals surface area contributed by atoms with Crippen LogP contribution in [0, 0.1) is 0 Å². The number of benzene rings is 1. The van der Waals surface area contributed by atoms with Crippen LogP contribution in [-0.4, -0.2) is 86.3 Å². The molecule has 1 atom stereocenters. The van der Waals surface area contributed by atoms with Gasteiger partial charge in [0.05, 0.1) is 37.8 Å². The topological polar surface area (TPSA) is 110 Å². The second-order valence-electron chi connectivity index (χ2n) is 10.9. The number of anilines is 1. The predicted molar refractivity (Wildman–Crippen MR) is 152 cm³/mol. The summed E-state index contributed by atoms with van der Waals surface area (Å²) in [4.78, 5) is 7.05. The van der Waals surface area contributed by atoms with Crippen LogP contribution in [0.5, 0.6) is 0 Å². The molecular weight excluding hydrogens is 516 g/mol. The minimum absolute atomic E-state index is 0.0114. The molecule has 2 aliphatic rings. The average Bonchev–Trinajstić information content (AvgIpc) is 3.28. The van der Waals surface area contributed by atoms with Crippen LogP contribution in [0.15, 0.2) is 36.5 Å². The van der Waals surface area contributed by atoms with E-state index >= 15 is 0 Å². The lowest BCUT2D eigenvalue weighted by Crippen LogP contribution is -2.36. The molecule has 1 aromatic carbocycles. The zero-order valence-corrected chi connectivity index (χ0v) is 23.9. The molecular formula is C28H40N6O4S. The third kappa shape index (κ3) is 7.15. The first-order valence-corrected chi connectivity index (χ1v) is 15.7. The Balaban J connectivity index is 1.42. The predicted octanol–water partition coefficient (Wildman–Crippen LogP) is 3.25. The van der Waals surface area contributed by atoms with E-state index in [4.69, 9.17) is 14.6 Å². The van der Waals surface area contributed by atoms with Gasteiger partial charge in [0.25, 0.3) is 0 Å². The summed E-state index contributed by atoms with van der Waals surface area (Å²) in [5, 5.41) is 8.24. The quantitative estimate of drug-likeness (QED) is 0.392. The van der Waals surface area contributed by atoms with E-state index in [2.05, 4.69) is 50.3 Å². The Kier molecular flexibility index (Phi) is 8.82. The largest absolute Gasteiger partial charge is 0.383 e. The SMILES string of the molecule is COC[C@H](C)Nc1ncc2c(-c3ccc(CN4CCOCC4)cc3)cc(C3CCC(NS(C)(=O)=O)CC3)n2n1. The lowest BCUT2D eigenvalue weighted by atomic mass is 9.84. The molecule has 1 saturated heterocycles. The van der Waals surface area contributed by atoms with Gasteiger partial charge in [-0.2, -0.15) is 0 Å². The van der Waals surface area contributed by atoms with Gasteiger partial charge in [-0.25, -0.2) is 22.6 Å². The second-order valence-corrected chi connectivity index (χ2v) is 12.7. The van der Waals surface area contributed by atoms with Gasteiger partial charge in [0.15, 0.2) is 0 Å². The van der Waals surface area contributed by atoms with Crippen molar-refractivity contribution in [3.05, 3.63) is 47.8 Å². The van der Waals surface area contributed by atoms with Gasteiger partial charge in [0.1, 0.15) is 0 Å². The first-order valence-electron chi connectivity index (χ1n) is 13.8. The molecule has 2 N–H and O–H groups in total. The number of aromatic nitrogens is 3. The zero-order chi connectivity index (χ0) is 27.4. The van der Waals surface area contributed by atoms with Gasteiger partial charge in [-0.1, -0.05) is 24.3 Å². The van der Waals surface area contributed by atoms with Crippen LogP contribution in [0.4, 0.5) is 5.95 Å². The fraction of sp³-hybridized carbons (Fsp3) is 0.571. The van der Waals surface area contributed by atoms with Crippen molar-refractivity contribution in [1.29, 1.82) is 0 Å². The Labute approximate surface area is 231 Å². The van der Waals surface area contributed by atoms with Crippen molar-refractivity contribution in [3.63, 3.8) is 0 Å². The summed E-state index contributed by atoms with van der Waals surface area (Å²) >= 11 is 0. The number of sulfonamides is 1. The van der Waals surface area contributed by atoms with Crippen LogP contribution in [0.2, 0.25) is 0 Å². The van der Waals surface area contributed by atoms with Crippen molar-refractivity contribution in [2.75, 3.05) is 51.6 Å². The maximum Gasteiger partial charge on any atom is 0.241 e. The monoisotopic (exact) mass is 556 g/mol. The normalized spacial score (nSPS) is 21.7. The molecule has 0 radical (unpaired) electrons. The smallest absolute Gasteiger partial charge is 0.241 e. The van der Waals surface area contributed by atoms with Gasteiger partial charge in [0.2, 0.25) is 16.0 Å². The minimum Gasteiger partial charge on any atom is -0.383 e. The highest BCUT2D eigenvalue weighted by Crippen LogP contribution is 2.38. The van der Waals surface area contributed by atoms with Crippen LogP contribution in [0.3, 0.4) is 0 Å². The Bertz CT molecular complexity index is 1350. The lowest BCUT2D eigenvalue weighted by molar-refractivity contribution is 0.0342. The van der Waals surface area contributed by atoms with Crippen molar-refractivity contribution < 1.29 is 17.9 Å². The van der Waals surface area contributed by atoms with Crippen LogP contribution < -0.4 is 10.0 Å². The van der Waals surface area contributed by atoms with Crippen LogP contribution in [0.1, 0.15) is 49.8 Å². The highest BCUT2D eigenvalue weighted by atomic mass is 32.2. The molecule has 5 rings (SSSR count). The fourth-order valence-electron chi connectivity index (χ4n) is 5.73. The van der Waals surface area contributed by atoms with Gasteiger partial charge in [0, 0.05) is 56.0 Å². The average molecular weight is 557 g/mol. The number of rotatable bonds is 10. The molecule has 2 aromatic heterocycles. The fourth-order valence-corrected chi connectivity index (χ4v) is 6.57. The number of nitrogens with zero attached hydrogens (tertiary/aromatic N) is 4. The van der Waals surface area contributed by atoms with E-state index in [1.807, 2.05) is 17.6 Å². The van der Waals surface area contributed by atoms with E-state index in [0.717, 1.165) is 80.9 Å². The molecule has 0 unspecified atom stereocenters. The number of hydrogen-bond acceptors (Lipinski definition) is 8. The summed E-state index contributed by atoms with van der Waals surface area (Å²) in [6, 6.07) is 11.1. The summed E-state index contributed by atoms with van der Waals surface area (Å²) in [6.45, 7) is 7.04. The third-order valence-corrected chi connectivity index (χ3v) is 8.40. The Morgan fingerprint density at radius 3 is 2.51 bits per heavy atom. The molecule has 3 aromatic rings. The van der Waals surface area contributed by atoms with E-state index in [9.17, 15) is 8.42 Å². The number of ether oxygens (including phenoxy) is 2. The van der Waals surface area contributed by atoms with Crippen LogP contribution >= 0.6 is 0 Å². The van der Waals surface area contributed by atoms with Gasteiger partial charge < -0.3 is 14.8 Å². The third-order valence-electron chi connectivity index (χ3n) is 7.64. The van der Waals surface area contributed by atoms with Crippen molar-refractivity contribution in [2.24, 2.45) is 0 Å². The first-order chi connectivity index (χ1) is 18.8. The Morgan fingerprint density at radius 1 is 1.13 bits per heavy atom. The maximum atomic E-state index is 11.7. The van der Waals surface area contributed by atoms with Crippen molar-refractivity contribution in [3.8, 4) is 11.1 Å². The molecule has 1 aliphatic heterocycles. The minimum atomic E-state index is -3.21. The zero-order valence-electron chi connectivity index (χ0n) is 23.1. The summed E-state index contributed by atoms with van der Waals surface area (Å²) in [7, 11) is -1.53. The molecule has 0 spiro atoms. The molecule has 3 heterocycles. The van der Waals surface area contributed by atoms with Crippen LogP contribution in [-0.2, 0) is 26.0 Å². The Hall–Kier alpha value is -2.57. The maximum absolute atomic E-state index is 11.7. The molecule has 1 saturated carbocycles. The van der Waals surface area contributed by atoms with Crippen LogP contribution in [0.25, 0.3) is 16.6 Å². The van der Waals surface area contributed by atoms with E-state index in [1.165, 1.54) is 11.8 Å². The molecule has 212 valence electrons. The number of methoxy groups -OCH3 is 1. The number of fused-ring (bicyclic) bond motifs is 1. The van der Waals surface area contributed by atoms with Gasteiger partial charge >= 0.3 is 0 Å². The van der Waals surface area contributed by atoms with Gasteiger partial charge in [-0.15, -0.1) is 5.10 Å². The van der Waals surface area contributed by atoms with E-state index in [1.54, 1.807) is 7.11 Å². The molecule has 1 aliphatic carbocycles. The molecule has 39 heavy (non-hydrogen) atoms. The molecule has 2 fully saturated rings. The number of morpholine rings is 1.